The van der Waals surface area contributed by atoms with Gasteiger partial charge in [0.25, 0.3) is 5.56 Å². The smallest absolute Gasteiger partial charge is 0.462 e. The maximum Gasteiger partial charge on any atom is 0.586 e. The minimum Gasteiger partial charge on any atom is -0.462 e. The van der Waals surface area contributed by atoms with Crippen molar-refractivity contribution in [2.24, 2.45) is 0 Å². The second-order valence-electron chi connectivity index (χ2n) is 7.80. The molecular weight excluding hydrogens is 509 g/mol. The molecule has 0 fully saturated rings. The van der Waals surface area contributed by atoms with Crippen LogP contribution in [0.1, 0.15) is 0 Å². The zero-order valence-electron chi connectivity index (χ0n) is 18.6. The van der Waals surface area contributed by atoms with E-state index in [0.717, 1.165) is 21.7 Å². The van der Waals surface area contributed by atoms with Crippen LogP contribution in [0.25, 0.3) is 22.2 Å². The number of halogens is 5. The predicted octanol–water partition coefficient (Wildman–Crippen LogP) is 4.54. The summed E-state index contributed by atoms with van der Waals surface area (Å²) in [4.78, 5) is 27.0. The molecule has 1 amide bonds. The number of aromatic nitrogens is 2. The molecule has 0 N–H and O–H groups in total. The van der Waals surface area contributed by atoms with Gasteiger partial charge in [-0.1, -0.05) is 12.1 Å². The van der Waals surface area contributed by atoms with E-state index in [-0.39, 0.29) is 39.4 Å². The highest BCUT2D eigenvalue weighted by atomic mass is 19.4. The molecule has 2 aromatic heterocycles. The number of benzene rings is 2. The first-order valence-electron chi connectivity index (χ1n) is 10.4. The molecule has 0 saturated heterocycles. The SMILES string of the molecule is CN(C(=O)Cn1nc(-c2cccc(OC(F)(F)F)c2)c2occc2c1=O)c1ccc2c(c1)OC(F)(F)O2. The number of anilines is 1. The number of amides is 1. The number of hydrogen-bond donors (Lipinski definition) is 0. The zero-order chi connectivity index (χ0) is 26.5. The van der Waals surface area contributed by atoms with E-state index in [9.17, 15) is 31.5 Å². The molecule has 0 bridgehead atoms. The van der Waals surface area contributed by atoms with Crippen molar-refractivity contribution in [2.45, 2.75) is 19.2 Å². The van der Waals surface area contributed by atoms with Gasteiger partial charge in [0.1, 0.15) is 18.0 Å². The second kappa shape index (κ2) is 8.50. The number of fused-ring (bicyclic) bond motifs is 2. The van der Waals surface area contributed by atoms with Gasteiger partial charge in [0.05, 0.1) is 11.6 Å². The lowest BCUT2D eigenvalue weighted by molar-refractivity contribution is -0.286. The number of rotatable bonds is 5. The van der Waals surface area contributed by atoms with E-state index in [4.69, 9.17) is 4.42 Å². The van der Waals surface area contributed by atoms with Crippen molar-refractivity contribution in [3.05, 3.63) is 65.1 Å². The van der Waals surface area contributed by atoms with Crippen LogP contribution in [-0.4, -0.2) is 35.4 Å². The number of nitrogens with zero attached hydrogens (tertiary/aromatic N) is 3. The molecule has 2 aromatic carbocycles. The maximum absolute atomic E-state index is 13.3. The molecule has 9 nitrogen and oxygen atoms in total. The molecule has 192 valence electrons. The molecule has 37 heavy (non-hydrogen) atoms. The standard InChI is InChI=1S/C23H14F5N3O6/c1-30(13-5-6-16-17(10-13)37-23(27,28)36-16)18(32)11-31-21(33)15-7-8-34-20(15)19(29-31)12-3-2-4-14(9-12)35-22(24,25)26/h2-10H,11H2,1H3. The number of likely N-dealkylation sites (N-methyl/N-ethyl adjacent to an activating group) is 1. The van der Waals surface area contributed by atoms with Crippen LogP contribution in [0.4, 0.5) is 27.6 Å². The van der Waals surface area contributed by atoms with Gasteiger partial charge >= 0.3 is 12.7 Å². The third-order valence-electron chi connectivity index (χ3n) is 5.34. The molecular formula is C23H14F5N3O6. The molecule has 0 saturated carbocycles. The monoisotopic (exact) mass is 523 g/mol. The third kappa shape index (κ3) is 4.77. The summed E-state index contributed by atoms with van der Waals surface area (Å²) in [6.45, 7) is -0.590. The lowest BCUT2D eigenvalue weighted by Gasteiger charge is -2.18. The number of alkyl halides is 5. The van der Waals surface area contributed by atoms with E-state index in [1.807, 2.05) is 0 Å². The molecule has 5 rings (SSSR count). The Morgan fingerprint density at radius 2 is 1.86 bits per heavy atom. The third-order valence-corrected chi connectivity index (χ3v) is 5.34. The number of hydrogen-bond acceptors (Lipinski definition) is 7. The number of ether oxygens (including phenoxy) is 3. The second-order valence-corrected chi connectivity index (χ2v) is 7.80. The zero-order valence-corrected chi connectivity index (χ0v) is 18.6. The van der Waals surface area contributed by atoms with Gasteiger partial charge in [0.15, 0.2) is 17.1 Å². The Hall–Kier alpha value is -4.62. The quantitative estimate of drug-likeness (QED) is 0.355. The summed E-state index contributed by atoms with van der Waals surface area (Å²) >= 11 is 0. The van der Waals surface area contributed by atoms with Crippen LogP contribution >= 0.6 is 0 Å². The van der Waals surface area contributed by atoms with Gasteiger partial charge < -0.3 is 23.5 Å². The molecule has 0 spiro atoms. The molecule has 0 unspecified atom stereocenters. The van der Waals surface area contributed by atoms with Crippen LogP contribution in [0.3, 0.4) is 0 Å². The number of furan rings is 1. The maximum atomic E-state index is 13.3. The van der Waals surface area contributed by atoms with Crippen LogP contribution < -0.4 is 24.7 Å². The first kappa shape index (κ1) is 24.1. The van der Waals surface area contributed by atoms with Crippen LogP contribution in [0.2, 0.25) is 0 Å². The Labute approximate surface area is 203 Å². The van der Waals surface area contributed by atoms with Gasteiger partial charge in [-0.15, -0.1) is 22.0 Å². The van der Waals surface area contributed by atoms with Crippen molar-refractivity contribution in [1.29, 1.82) is 0 Å². The van der Waals surface area contributed by atoms with Gasteiger partial charge in [0, 0.05) is 24.4 Å². The molecule has 4 aromatic rings. The van der Waals surface area contributed by atoms with Crippen molar-refractivity contribution in [3.63, 3.8) is 0 Å². The van der Waals surface area contributed by atoms with Crippen molar-refractivity contribution in [2.75, 3.05) is 11.9 Å². The van der Waals surface area contributed by atoms with E-state index >= 15 is 0 Å². The molecule has 0 aliphatic carbocycles. The first-order valence-corrected chi connectivity index (χ1v) is 10.4. The van der Waals surface area contributed by atoms with Crippen LogP contribution in [0, 0.1) is 0 Å². The number of carbonyl (C=O) groups is 1. The van der Waals surface area contributed by atoms with E-state index in [1.165, 1.54) is 49.7 Å². The summed E-state index contributed by atoms with van der Waals surface area (Å²) in [6.07, 6.45) is -7.56. The Morgan fingerprint density at radius 3 is 2.62 bits per heavy atom. The van der Waals surface area contributed by atoms with Crippen LogP contribution in [-0.2, 0) is 11.3 Å². The van der Waals surface area contributed by atoms with Gasteiger partial charge in [-0.25, -0.2) is 4.68 Å². The average Bonchev–Trinajstić information content (AvgIpc) is 3.42. The largest absolute Gasteiger partial charge is 0.586 e. The van der Waals surface area contributed by atoms with Crippen molar-refractivity contribution in [3.8, 4) is 28.5 Å². The van der Waals surface area contributed by atoms with Gasteiger partial charge in [0.2, 0.25) is 5.91 Å². The van der Waals surface area contributed by atoms with E-state index < -0.39 is 36.4 Å². The minimum atomic E-state index is -4.92. The fraction of sp³-hybridized carbons (Fsp3) is 0.174. The summed E-state index contributed by atoms with van der Waals surface area (Å²) < 4.78 is 83.5. The summed E-state index contributed by atoms with van der Waals surface area (Å²) in [7, 11) is 1.35. The minimum absolute atomic E-state index is 0.00270. The first-order chi connectivity index (χ1) is 17.4. The molecule has 1 aliphatic rings. The van der Waals surface area contributed by atoms with Crippen molar-refractivity contribution < 1.29 is 45.4 Å². The Bertz CT molecular complexity index is 1580. The highest BCUT2D eigenvalue weighted by Crippen LogP contribution is 2.42. The van der Waals surface area contributed by atoms with Crippen molar-refractivity contribution in [1.82, 2.24) is 9.78 Å². The molecule has 1 aliphatic heterocycles. The average molecular weight is 523 g/mol. The topological polar surface area (TPSA) is 96.0 Å². The fourth-order valence-corrected chi connectivity index (χ4v) is 3.67. The molecule has 0 atom stereocenters. The van der Waals surface area contributed by atoms with Gasteiger partial charge in [-0.05, 0) is 30.3 Å². The highest BCUT2D eigenvalue weighted by Gasteiger charge is 2.43. The van der Waals surface area contributed by atoms with E-state index in [0.29, 0.717) is 0 Å². The summed E-state index contributed by atoms with van der Waals surface area (Å²) in [5.41, 5.74) is -0.397. The predicted molar refractivity (Wildman–Crippen MR) is 116 cm³/mol. The lowest BCUT2D eigenvalue weighted by Crippen LogP contribution is -2.35. The molecule has 0 radical (unpaired) electrons. The molecule has 14 heteroatoms. The summed E-state index contributed by atoms with van der Waals surface area (Å²) in [5.74, 6) is -1.67. The lowest BCUT2D eigenvalue weighted by atomic mass is 10.1. The van der Waals surface area contributed by atoms with Crippen LogP contribution in [0.5, 0.6) is 17.2 Å². The number of carbonyl (C=O) groups excluding carboxylic acids is 1. The Kier molecular flexibility index (Phi) is 5.53. The highest BCUT2D eigenvalue weighted by molar-refractivity contribution is 5.94. The summed E-state index contributed by atoms with van der Waals surface area (Å²) in [5, 5.41) is 4.19. The van der Waals surface area contributed by atoms with Gasteiger partial charge in [-0.3, -0.25) is 9.59 Å². The normalized spacial score (nSPS) is 14.1. The van der Waals surface area contributed by atoms with E-state index in [1.54, 1.807) is 0 Å². The molecule has 3 heterocycles. The Balaban J connectivity index is 1.47. The van der Waals surface area contributed by atoms with E-state index in [2.05, 4.69) is 19.3 Å². The Morgan fingerprint density at radius 1 is 1.11 bits per heavy atom. The van der Waals surface area contributed by atoms with Gasteiger partial charge in [-0.2, -0.15) is 5.10 Å². The summed E-state index contributed by atoms with van der Waals surface area (Å²) in [6, 6.07) is 9.92. The van der Waals surface area contributed by atoms with Crippen LogP contribution in [0.15, 0.2) is 64.0 Å². The van der Waals surface area contributed by atoms with Crippen molar-refractivity contribution >= 4 is 22.6 Å². The fourth-order valence-electron chi connectivity index (χ4n) is 3.67.